The van der Waals surface area contributed by atoms with Crippen LogP contribution >= 0.6 is 0 Å². The zero-order chi connectivity index (χ0) is 25.2. The van der Waals surface area contributed by atoms with Gasteiger partial charge in [0.2, 0.25) is 0 Å². The monoisotopic (exact) mass is 491 g/mol. The lowest BCUT2D eigenvalue weighted by molar-refractivity contribution is -0.140. The Morgan fingerprint density at radius 2 is 1.67 bits per heavy atom. The Kier molecular flexibility index (Phi) is 10.1. The fourth-order valence-electron chi connectivity index (χ4n) is 5.79. The minimum Gasteiger partial charge on any atom is -0.469 e. The molecule has 2 fully saturated rings. The first-order chi connectivity index (χ1) is 17.7. The van der Waals surface area contributed by atoms with E-state index in [9.17, 15) is 9.90 Å². The van der Waals surface area contributed by atoms with Crippen LogP contribution in [0, 0.1) is 5.92 Å². The number of ether oxygens (including phenoxy) is 2. The summed E-state index contributed by atoms with van der Waals surface area (Å²) in [6.07, 6.45) is 11.4. The lowest BCUT2D eigenvalue weighted by Crippen LogP contribution is -2.47. The molecule has 4 atom stereocenters. The molecular weight excluding hydrogens is 450 g/mol. The highest BCUT2D eigenvalue weighted by Gasteiger charge is 2.45. The first kappa shape index (κ1) is 26.6. The molecule has 5 heteroatoms. The maximum atomic E-state index is 11.3. The molecule has 1 N–H and O–H groups in total. The summed E-state index contributed by atoms with van der Waals surface area (Å²) >= 11 is 0. The molecule has 0 unspecified atom stereocenters. The predicted octanol–water partition coefficient (Wildman–Crippen LogP) is 5.76. The van der Waals surface area contributed by atoms with Crippen molar-refractivity contribution in [3.63, 3.8) is 0 Å². The standard InChI is InChI=1S/C31H41NO4/c1-35-30(34)15-9-3-2-8-14-27-29(22-28(33)31(27)32-20-10-5-11-21-32)36-23-24-16-18-26(19-17-24)25-12-6-4-7-13-25/h2-4,6-7,12-13,16-19,27-29,31,33H,5,8-11,14-15,20-23H2,1H3/t27-,28-,29-,31+/m0/s1. The first-order valence-electron chi connectivity index (χ1n) is 13.6. The SMILES string of the molecule is COC(=O)CCC=CCC[C@@H]1[C@@H](N2CCCCC2)[C@@H](O)C[C@@H]1OCc1ccc(-c2ccccc2)cc1. The lowest BCUT2D eigenvalue weighted by atomic mass is 9.92. The molecule has 2 aliphatic rings. The smallest absolute Gasteiger partial charge is 0.305 e. The Morgan fingerprint density at radius 3 is 2.39 bits per heavy atom. The Bertz CT molecular complexity index is 952. The second-order valence-electron chi connectivity index (χ2n) is 10.1. The largest absolute Gasteiger partial charge is 0.469 e. The van der Waals surface area contributed by atoms with E-state index in [1.54, 1.807) is 0 Å². The topological polar surface area (TPSA) is 59.0 Å². The number of methoxy groups -OCH3 is 1. The van der Waals surface area contributed by atoms with Crippen molar-refractivity contribution < 1.29 is 19.4 Å². The van der Waals surface area contributed by atoms with Crippen molar-refractivity contribution in [3.8, 4) is 11.1 Å². The molecule has 2 aromatic rings. The summed E-state index contributed by atoms with van der Waals surface area (Å²) in [7, 11) is 1.43. The third-order valence-corrected chi connectivity index (χ3v) is 7.70. The fraction of sp³-hybridized carbons (Fsp3) is 0.516. The van der Waals surface area contributed by atoms with E-state index in [-0.39, 0.29) is 24.2 Å². The minimum absolute atomic E-state index is 0.0456. The number of aliphatic hydroxyl groups is 1. The van der Waals surface area contributed by atoms with Crippen LogP contribution in [0.3, 0.4) is 0 Å². The molecule has 1 aliphatic carbocycles. The van der Waals surface area contributed by atoms with E-state index in [2.05, 4.69) is 65.6 Å². The number of carbonyl (C=O) groups is 1. The number of rotatable bonds is 11. The van der Waals surface area contributed by atoms with Crippen LogP contribution in [0.4, 0.5) is 0 Å². The van der Waals surface area contributed by atoms with Crippen molar-refractivity contribution in [3.05, 3.63) is 72.3 Å². The van der Waals surface area contributed by atoms with Crippen molar-refractivity contribution in [2.75, 3.05) is 20.2 Å². The normalized spacial score (nSPS) is 24.8. The third kappa shape index (κ3) is 7.28. The highest BCUT2D eigenvalue weighted by Crippen LogP contribution is 2.38. The van der Waals surface area contributed by atoms with Crippen LogP contribution < -0.4 is 0 Å². The maximum Gasteiger partial charge on any atom is 0.305 e. The number of likely N-dealkylation sites (tertiary alicyclic amines) is 1. The number of hydrogen-bond acceptors (Lipinski definition) is 5. The summed E-state index contributed by atoms with van der Waals surface area (Å²) < 4.78 is 11.2. The van der Waals surface area contributed by atoms with Gasteiger partial charge in [-0.05, 0) is 61.9 Å². The highest BCUT2D eigenvalue weighted by molar-refractivity contribution is 5.69. The van der Waals surface area contributed by atoms with E-state index in [1.165, 1.54) is 37.5 Å². The molecule has 5 nitrogen and oxygen atoms in total. The van der Waals surface area contributed by atoms with Crippen LogP contribution in [0.1, 0.15) is 56.9 Å². The van der Waals surface area contributed by atoms with Gasteiger partial charge in [0.25, 0.3) is 0 Å². The number of hydrogen-bond donors (Lipinski definition) is 1. The van der Waals surface area contributed by atoms with Gasteiger partial charge in [-0.2, -0.15) is 0 Å². The molecule has 2 aromatic carbocycles. The van der Waals surface area contributed by atoms with Gasteiger partial charge < -0.3 is 14.6 Å². The summed E-state index contributed by atoms with van der Waals surface area (Å²) in [6, 6.07) is 19.2. The van der Waals surface area contributed by atoms with Crippen LogP contribution in [-0.4, -0.2) is 54.4 Å². The molecule has 0 spiro atoms. The number of carbonyl (C=O) groups excluding carboxylic acids is 1. The number of allylic oxidation sites excluding steroid dienone is 2. The molecule has 1 saturated carbocycles. The first-order valence-corrected chi connectivity index (χ1v) is 13.6. The van der Waals surface area contributed by atoms with Gasteiger partial charge in [0, 0.05) is 24.8 Å². The van der Waals surface area contributed by atoms with Gasteiger partial charge in [0.05, 0.1) is 25.9 Å². The lowest BCUT2D eigenvalue weighted by Gasteiger charge is -2.38. The van der Waals surface area contributed by atoms with E-state index in [1.807, 2.05) is 6.07 Å². The Labute approximate surface area is 216 Å². The Hall–Kier alpha value is -2.47. The predicted molar refractivity (Wildman–Crippen MR) is 143 cm³/mol. The maximum absolute atomic E-state index is 11.3. The van der Waals surface area contributed by atoms with Gasteiger partial charge in [-0.25, -0.2) is 0 Å². The zero-order valence-corrected chi connectivity index (χ0v) is 21.6. The van der Waals surface area contributed by atoms with Gasteiger partial charge in [-0.3, -0.25) is 9.69 Å². The number of aliphatic hydroxyl groups excluding tert-OH is 1. The van der Waals surface area contributed by atoms with Crippen molar-refractivity contribution in [1.29, 1.82) is 0 Å². The van der Waals surface area contributed by atoms with Gasteiger partial charge in [0.15, 0.2) is 0 Å². The Morgan fingerprint density at radius 1 is 0.972 bits per heavy atom. The number of piperidine rings is 1. The van der Waals surface area contributed by atoms with Gasteiger partial charge in [-0.1, -0.05) is 73.2 Å². The fourth-order valence-corrected chi connectivity index (χ4v) is 5.79. The van der Waals surface area contributed by atoms with Crippen LogP contribution in [0.2, 0.25) is 0 Å². The van der Waals surface area contributed by atoms with Crippen LogP contribution in [0.15, 0.2) is 66.7 Å². The van der Waals surface area contributed by atoms with E-state index >= 15 is 0 Å². The van der Waals surface area contributed by atoms with Crippen LogP contribution in [-0.2, 0) is 20.9 Å². The van der Waals surface area contributed by atoms with Gasteiger partial charge in [-0.15, -0.1) is 0 Å². The highest BCUT2D eigenvalue weighted by atomic mass is 16.5. The number of nitrogens with zero attached hydrogens (tertiary/aromatic N) is 1. The second-order valence-corrected chi connectivity index (χ2v) is 10.1. The summed E-state index contributed by atoms with van der Waals surface area (Å²) in [6.45, 7) is 2.70. The molecule has 1 heterocycles. The van der Waals surface area contributed by atoms with Crippen molar-refractivity contribution in [2.24, 2.45) is 5.92 Å². The number of esters is 1. The molecule has 0 bridgehead atoms. The van der Waals surface area contributed by atoms with Crippen LogP contribution in [0.25, 0.3) is 11.1 Å². The molecule has 1 saturated heterocycles. The van der Waals surface area contributed by atoms with Crippen molar-refractivity contribution >= 4 is 5.97 Å². The second kappa shape index (κ2) is 13.7. The Balaban J connectivity index is 1.36. The third-order valence-electron chi connectivity index (χ3n) is 7.70. The molecule has 1 aliphatic heterocycles. The van der Waals surface area contributed by atoms with E-state index in [0.717, 1.165) is 31.5 Å². The van der Waals surface area contributed by atoms with E-state index < -0.39 is 0 Å². The molecule has 36 heavy (non-hydrogen) atoms. The van der Waals surface area contributed by atoms with E-state index in [0.29, 0.717) is 31.8 Å². The summed E-state index contributed by atoms with van der Waals surface area (Å²) in [5, 5.41) is 11.1. The average Bonchev–Trinajstić information content (AvgIpc) is 3.25. The molecule has 0 amide bonds. The molecule has 4 rings (SSSR count). The van der Waals surface area contributed by atoms with Crippen LogP contribution in [0.5, 0.6) is 0 Å². The molecule has 194 valence electrons. The molecule has 0 aromatic heterocycles. The van der Waals surface area contributed by atoms with Crippen molar-refractivity contribution in [2.45, 2.75) is 76.2 Å². The summed E-state index contributed by atoms with van der Waals surface area (Å²) in [5.41, 5.74) is 3.58. The van der Waals surface area contributed by atoms with E-state index in [4.69, 9.17) is 9.47 Å². The molecule has 0 radical (unpaired) electrons. The minimum atomic E-state index is -0.345. The van der Waals surface area contributed by atoms with Gasteiger partial charge >= 0.3 is 5.97 Å². The summed E-state index contributed by atoms with van der Waals surface area (Å²) in [5.74, 6) is 0.126. The molecular formula is C31H41NO4. The average molecular weight is 492 g/mol. The summed E-state index contributed by atoms with van der Waals surface area (Å²) in [4.78, 5) is 13.8. The quantitative estimate of drug-likeness (QED) is 0.320. The zero-order valence-electron chi connectivity index (χ0n) is 21.6. The van der Waals surface area contributed by atoms with Gasteiger partial charge in [0.1, 0.15) is 0 Å². The van der Waals surface area contributed by atoms with Crippen molar-refractivity contribution in [1.82, 2.24) is 4.90 Å². The number of benzene rings is 2.